The highest BCUT2D eigenvalue weighted by atomic mass is 16.5. The lowest BCUT2D eigenvalue weighted by Crippen LogP contribution is -2.54. The van der Waals surface area contributed by atoms with Crippen molar-refractivity contribution in [2.24, 2.45) is 0 Å². The Balaban J connectivity index is 2.43. The first-order valence-corrected chi connectivity index (χ1v) is 8.48. The van der Waals surface area contributed by atoms with Gasteiger partial charge in [0.2, 0.25) is 0 Å². The Morgan fingerprint density at radius 1 is 1.19 bits per heavy atom. The Hall–Kier alpha value is -0.650. The third kappa shape index (κ3) is 6.32. The monoisotopic (exact) mass is 299 g/mol. The van der Waals surface area contributed by atoms with E-state index >= 15 is 0 Å². The van der Waals surface area contributed by atoms with E-state index in [1.54, 1.807) is 0 Å². The predicted molar refractivity (Wildman–Crippen MR) is 86.5 cm³/mol. The van der Waals surface area contributed by atoms with Crippen LogP contribution in [0.5, 0.6) is 0 Å². The van der Waals surface area contributed by atoms with Crippen molar-refractivity contribution >= 4 is 5.97 Å². The summed E-state index contributed by atoms with van der Waals surface area (Å²) < 4.78 is 5.18. The Morgan fingerprint density at radius 2 is 1.86 bits per heavy atom. The first-order valence-electron chi connectivity index (χ1n) is 8.48. The van der Waals surface area contributed by atoms with E-state index in [-0.39, 0.29) is 12.0 Å². The molecule has 21 heavy (non-hydrogen) atoms. The SMILES string of the molecule is CCCNC(CN1CCN(C(C)CC)CC1)C(=O)OCC. The fraction of sp³-hybridized carbons (Fsp3) is 0.938. The Labute approximate surface area is 130 Å². The van der Waals surface area contributed by atoms with Gasteiger partial charge in [0.25, 0.3) is 0 Å². The van der Waals surface area contributed by atoms with Gasteiger partial charge in [0, 0.05) is 38.8 Å². The third-order valence-electron chi connectivity index (χ3n) is 4.27. The summed E-state index contributed by atoms with van der Waals surface area (Å²) in [5.74, 6) is -0.115. The summed E-state index contributed by atoms with van der Waals surface area (Å²) in [5.41, 5.74) is 0. The topological polar surface area (TPSA) is 44.8 Å². The molecule has 0 aromatic heterocycles. The molecule has 5 nitrogen and oxygen atoms in total. The number of nitrogens with zero attached hydrogens (tertiary/aromatic N) is 2. The summed E-state index contributed by atoms with van der Waals surface area (Å²) >= 11 is 0. The molecule has 5 heteroatoms. The minimum atomic E-state index is -0.194. The van der Waals surface area contributed by atoms with Gasteiger partial charge >= 0.3 is 5.97 Å². The molecule has 1 saturated heterocycles. The second kappa shape index (κ2) is 10.1. The molecule has 0 spiro atoms. The van der Waals surface area contributed by atoms with Gasteiger partial charge in [-0.25, -0.2) is 0 Å². The molecule has 1 aliphatic heterocycles. The van der Waals surface area contributed by atoms with Gasteiger partial charge in [-0.2, -0.15) is 0 Å². The first kappa shape index (κ1) is 18.4. The van der Waals surface area contributed by atoms with E-state index in [0.717, 1.165) is 45.7 Å². The summed E-state index contributed by atoms with van der Waals surface area (Å²) in [6, 6.07) is 0.464. The van der Waals surface area contributed by atoms with Crippen LogP contribution in [0.15, 0.2) is 0 Å². The van der Waals surface area contributed by atoms with E-state index in [0.29, 0.717) is 12.6 Å². The number of hydrogen-bond donors (Lipinski definition) is 1. The van der Waals surface area contributed by atoms with Gasteiger partial charge in [-0.3, -0.25) is 14.6 Å². The van der Waals surface area contributed by atoms with Crippen molar-refractivity contribution in [1.29, 1.82) is 0 Å². The second-order valence-electron chi connectivity index (χ2n) is 5.85. The molecule has 0 aliphatic carbocycles. The van der Waals surface area contributed by atoms with Gasteiger partial charge < -0.3 is 10.1 Å². The molecule has 0 radical (unpaired) electrons. The van der Waals surface area contributed by atoms with E-state index in [9.17, 15) is 4.79 Å². The lowest BCUT2D eigenvalue weighted by atomic mass is 10.1. The van der Waals surface area contributed by atoms with Crippen LogP contribution in [0.1, 0.15) is 40.5 Å². The van der Waals surface area contributed by atoms with Gasteiger partial charge in [0.05, 0.1) is 6.61 Å². The summed E-state index contributed by atoms with van der Waals surface area (Å²) in [6.45, 7) is 14.8. The van der Waals surface area contributed by atoms with Crippen molar-refractivity contribution in [3.8, 4) is 0 Å². The number of esters is 1. The average molecular weight is 299 g/mol. The number of piperazine rings is 1. The van der Waals surface area contributed by atoms with E-state index in [1.165, 1.54) is 6.42 Å². The van der Waals surface area contributed by atoms with E-state index < -0.39 is 0 Å². The normalized spacial score (nSPS) is 20.2. The molecule has 0 bridgehead atoms. The van der Waals surface area contributed by atoms with Gasteiger partial charge in [-0.05, 0) is 33.2 Å². The Bertz CT molecular complexity index is 291. The molecule has 1 fully saturated rings. The minimum absolute atomic E-state index is 0.115. The molecular formula is C16H33N3O2. The van der Waals surface area contributed by atoms with E-state index in [1.807, 2.05) is 6.92 Å². The van der Waals surface area contributed by atoms with E-state index in [4.69, 9.17) is 4.74 Å². The number of rotatable bonds is 9. The highest BCUT2D eigenvalue weighted by molar-refractivity contribution is 5.76. The van der Waals surface area contributed by atoms with Gasteiger partial charge in [0.15, 0.2) is 0 Å². The van der Waals surface area contributed by atoms with Crippen LogP contribution in [0.25, 0.3) is 0 Å². The molecule has 2 atom stereocenters. The number of carbonyl (C=O) groups excluding carboxylic acids is 1. The highest BCUT2D eigenvalue weighted by Crippen LogP contribution is 2.09. The zero-order valence-electron chi connectivity index (χ0n) is 14.2. The number of carbonyl (C=O) groups is 1. The van der Waals surface area contributed by atoms with Crippen LogP contribution < -0.4 is 5.32 Å². The van der Waals surface area contributed by atoms with Crippen LogP contribution in [-0.2, 0) is 9.53 Å². The van der Waals surface area contributed by atoms with Crippen molar-refractivity contribution in [3.05, 3.63) is 0 Å². The van der Waals surface area contributed by atoms with Crippen LogP contribution in [-0.4, -0.2) is 73.7 Å². The predicted octanol–water partition coefficient (Wildman–Crippen LogP) is 1.33. The van der Waals surface area contributed by atoms with Crippen molar-refractivity contribution < 1.29 is 9.53 Å². The Morgan fingerprint density at radius 3 is 2.38 bits per heavy atom. The Kier molecular flexibility index (Phi) is 8.88. The van der Waals surface area contributed by atoms with Crippen LogP contribution in [0, 0.1) is 0 Å². The van der Waals surface area contributed by atoms with Crippen LogP contribution in [0.3, 0.4) is 0 Å². The van der Waals surface area contributed by atoms with Crippen LogP contribution in [0.4, 0.5) is 0 Å². The average Bonchev–Trinajstić information content (AvgIpc) is 2.51. The van der Waals surface area contributed by atoms with Gasteiger partial charge in [-0.1, -0.05) is 13.8 Å². The summed E-state index contributed by atoms with van der Waals surface area (Å²) in [7, 11) is 0. The molecule has 2 unspecified atom stereocenters. The molecule has 0 aromatic rings. The molecule has 0 aromatic carbocycles. The largest absolute Gasteiger partial charge is 0.465 e. The fourth-order valence-electron chi connectivity index (χ4n) is 2.69. The van der Waals surface area contributed by atoms with Crippen molar-refractivity contribution in [1.82, 2.24) is 15.1 Å². The molecular weight excluding hydrogens is 266 g/mol. The van der Waals surface area contributed by atoms with Crippen LogP contribution in [0.2, 0.25) is 0 Å². The molecule has 0 amide bonds. The maximum atomic E-state index is 12.0. The van der Waals surface area contributed by atoms with E-state index in [2.05, 4.69) is 35.9 Å². The second-order valence-corrected chi connectivity index (χ2v) is 5.85. The lowest BCUT2D eigenvalue weighted by Gasteiger charge is -2.38. The van der Waals surface area contributed by atoms with Crippen LogP contribution >= 0.6 is 0 Å². The first-order chi connectivity index (χ1) is 10.1. The standard InChI is InChI=1S/C16H33N3O2/c1-5-8-17-15(16(20)21-7-3)13-18-9-11-19(12-10-18)14(4)6-2/h14-15,17H,5-13H2,1-4H3. The zero-order chi connectivity index (χ0) is 15.7. The molecule has 1 N–H and O–H groups in total. The number of hydrogen-bond acceptors (Lipinski definition) is 5. The zero-order valence-corrected chi connectivity index (χ0v) is 14.2. The lowest BCUT2D eigenvalue weighted by molar-refractivity contribution is -0.146. The quantitative estimate of drug-likeness (QED) is 0.651. The summed E-state index contributed by atoms with van der Waals surface area (Å²) in [5, 5.41) is 3.32. The molecule has 1 rings (SSSR count). The van der Waals surface area contributed by atoms with Gasteiger partial charge in [-0.15, -0.1) is 0 Å². The number of nitrogens with one attached hydrogen (secondary N) is 1. The smallest absolute Gasteiger partial charge is 0.324 e. The maximum absolute atomic E-state index is 12.0. The summed E-state index contributed by atoms with van der Waals surface area (Å²) in [4.78, 5) is 16.9. The highest BCUT2D eigenvalue weighted by Gasteiger charge is 2.25. The van der Waals surface area contributed by atoms with Crippen molar-refractivity contribution in [2.75, 3.05) is 45.9 Å². The maximum Gasteiger partial charge on any atom is 0.324 e. The van der Waals surface area contributed by atoms with Gasteiger partial charge in [0.1, 0.15) is 6.04 Å². The minimum Gasteiger partial charge on any atom is -0.465 e. The molecule has 124 valence electrons. The van der Waals surface area contributed by atoms with Crippen molar-refractivity contribution in [3.63, 3.8) is 0 Å². The third-order valence-corrected chi connectivity index (χ3v) is 4.27. The van der Waals surface area contributed by atoms with Crippen molar-refractivity contribution in [2.45, 2.75) is 52.6 Å². The fourth-order valence-corrected chi connectivity index (χ4v) is 2.69. The molecule has 1 heterocycles. The number of ether oxygens (including phenoxy) is 1. The summed E-state index contributed by atoms with van der Waals surface area (Å²) in [6.07, 6.45) is 2.22. The molecule has 1 aliphatic rings. The molecule has 0 saturated carbocycles.